The number of pyridine rings is 1. The summed E-state index contributed by atoms with van der Waals surface area (Å²) in [6.45, 7) is 5.46. The van der Waals surface area contributed by atoms with Crippen molar-refractivity contribution in [3.05, 3.63) is 61.7 Å². The highest BCUT2D eigenvalue weighted by atomic mass is 127. The number of rotatable bonds is 5. The van der Waals surface area contributed by atoms with E-state index >= 15 is 0 Å². The van der Waals surface area contributed by atoms with Crippen molar-refractivity contribution in [2.24, 2.45) is 7.05 Å². The molecular formula is C22H25FIN3O4. The first kappa shape index (κ1) is 23.4. The Morgan fingerprint density at radius 1 is 1.26 bits per heavy atom. The summed E-state index contributed by atoms with van der Waals surface area (Å²) in [5, 5.41) is 25.8. The third kappa shape index (κ3) is 4.99. The Balaban J connectivity index is 2.05. The third-order valence-electron chi connectivity index (χ3n) is 5.44. The van der Waals surface area contributed by atoms with Crippen LogP contribution in [0.4, 0.5) is 15.9 Å². The van der Waals surface area contributed by atoms with Crippen molar-refractivity contribution >= 4 is 45.6 Å². The van der Waals surface area contributed by atoms with Gasteiger partial charge in [0.2, 0.25) is 0 Å². The molecule has 1 heterocycles. The summed E-state index contributed by atoms with van der Waals surface area (Å²) >= 11 is 1.99. The molecule has 4 N–H and O–H groups in total. The fraction of sp³-hybridized carbons (Fsp3) is 0.364. The van der Waals surface area contributed by atoms with Crippen LogP contribution >= 0.6 is 22.6 Å². The van der Waals surface area contributed by atoms with E-state index in [0.717, 1.165) is 0 Å². The summed E-state index contributed by atoms with van der Waals surface area (Å²) in [6, 6.07) is 5.34. The van der Waals surface area contributed by atoms with Gasteiger partial charge in [0.25, 0.3) is 11.5 Å². The van der Waals surface area contributed by atoms with Crippen LogP contribution < -0.4 is 16.2 Å². The average Bonchev–Trinajstić information content (AvgIpc) is 2.70. The Hall–Kier alpha value is -2.24. The Morgan fingerprint density at radius 3 is 2.61 bits per heavy atom. The Labute approximate surface area is 193 Å². The zero-order chi connectivity index (χ0) is 22.9. The van der Waals surface area contributed by atoms with E-state index in [9.17, 15) is 24.2 Å². The number of nitrogens with one attached hydrogen (secondary N) is 2. The minimum Gasteiger partial charge on any atom is -0.390 e. The number of amides is 1. The Kier molecular flexibility index (Phi) is 7.17. The predicted molar refractivity (Wildman–Crippen MR) is 126 cm³/mol. The molecule has 1 fully saturated rings. The lowest BCUT2D eigenvalue weighted by Gasteiger charge is -2.32. The largest absolute Gasteiger partial charge is 0.390 e. The molecule has 166 valence electrons. The monoisotopic (exact) mass is 541 g/mol. The number of aliphatic hydroxyl groups excluding tert-OH is 2. The van der Waals surface area contributed by atoms with E-state index < -0.39 is 30.0 Å². The molecule has 3 rings (SSSR count). The van der Waals surface area contributed by atoms with Crippen molar-refractivity contribution in [2.45, 2.75) is 44.4 Å². The quantitative estimate of drug-likeness (QED) is 0.436. The molecule has 0 aliphatic heterocycles. The van der Waals surface area contributed by atoms with E-state index in [0.29, 0.717) is 28.4 Å². The summed E-state index contributed by atoms with van der Waals surface area (Å²) in [5.41, 5.74) is 0.567. The fourth-order valence-corrected chi connectivity index (χ4v) is 4.10. The van der Waals surface area contributed by atoms with E-state index in [1.807, 2.05) is 22.6 Å². The van der Waals surface area contributed by atoms with E-state index in [1.165, 1.54) is 29.8 Å². The first-order valence-corrected chi connectivity index (χ1v) is 11.0. The molecule has 0 spiro atoms. The Bertz CT molecular complexity index is 1090. The van der Waals surface area contributed by atoms with Gasteiger partial charge in [0.15, 0.2) is 0 Å². The van der Waals surface area contributed by atoms with Gasteiger partial charge in [-0.2, -0.15) is 0 Å². The van der Waals surface area contributed by atoms with Gasteiger partial charge in [-0.25, -0.2) is 4.39 Å². The lowest BCUT2D eigenvalue weighted by atomic mass is 9.90. The highest BCUT2D eigenvalue weighted by Gasteiger charge is 2.32. The summed E-state index contributed by atoms with van der Waals surface area (Å²) in [6.07, 6.45) is -0.365. The van der Waals surface area contributed by atoms with Crippen LogP contribution in [0.25, 0.3) is 5.57 Å². The number of allylic oxidation sites excluding steroid dienone is 1. The first-order chi connectivity index (χ1) is 14.6. The topological polar surface area (TPSA) is 104 Å². The zero-order valence-electron chi connectivity index (χ0n) is 17.3. The standard InChI is InChI=1S/C22H25FIN3O4/c1-11(2)13-10-14(21(30)26-17-5-4-6-18(28)19(17)29)20(27(3)22(13)31)25-16-8-7-12(24)9-15(16)23/h7-10,17-19,25,28-29H,1,4-6H2,2-3H3,(H,26,30). The van der Waals surface area contributed by atoms with Gasteiger partial charge in [-0.15, -0.1) is 0 Å². The van der Waals surface area contributed by atoms with Crippen molar-refractivity contribution in [3.8, 4) is 0 Å². The number of aliphatic hydroxyl groups is 2. The molecule has 1 aromatic carbocycles. The number of aromatic nitrogens is 1. The number of hydrogen-bond donors (Lipinski definition) is 4. The zero-order valence-corrected chi connectivity index (χ0v) is 19.4. The van der Waals surface area contributed by atoms with Gasteiger partial charge in [-0.1, -0.05) is 6.58 Å². The van der Waals surface area contributed by atoms with Crippen molar-refractivity contribution in [1.29, 1.82) is 0 Å². The van der Waals surface area contributed by atoms with Gasteiger partial charge in [-0.3, -0.25) is 14.2 Å². The second-order valence-electron chi connectivity index (χ2n) is 7.78. The SMILES string of the molecule is C=C(C)c1cc(C(=O)NC2CCCC(O)C2O)c(Nc2ccc(I)cc2F)n(C)c1=O. The van der Waals surface area contributed by atoms with Crippen molar-refractivity contribution in [2.75, 3.05) is 5.32 Å². The maximum absolute atomic E-state index is 14.4. The van der Waals surface area contributed by atoms with Gasteiger partial charge >= 0.3 is 0 Å². The first-order valence-electron chi connectivity index (χ1n) is 9.89. The van der Waals surface area contributed by atoms with Crippen LogP contribution in [0.5, 0.6) is 0 Å². The molecule has 1 saturated carbocycles. The van der Waals surface area contributed by atoms with Gasteiger partial charge in [-0.05, 0) is 78.6 Å². The molecular weight excluding hydrogens is 516 g/mol. The molecule has 3 atom stereocenters. The second-order valence-corrected chi connectivity index (χ2v) is 9.03. The Morgan fingerprint density at radius 2 is 1.97 bits per heavy atom. The molecule has 0 radical (unpaired) electrons. The lowest BCUT2D eigenvalue weighted by molar-refractivity contribution is -0.0277. The molecule has 7 nitrogen and oxygen atoms in total. The summed E-state index contributed by atoms with van der Waals surface area (Å²) in [7, 11) is 1.48. The predicted octanol–water partition coefficient (Wildman–Crippen LogP) is 2.91. The van der Waals surface area contributed by atoms with E-state index in [-0.39, 0.29) is 28.2 Å². The van der Waals surface area contributed by atoms with Crippen LogP contribution in [-0.4, -0.2) is 38.9 Å². The van der Waals surface area contributed by atoms with E-state index in [1.54, 1.807) is 13.0 Å². The average molecular weight is 541 g/mol. The number of halogens is 2. The van der Waals surface area contributed by atoms with Crippen LogP contribution in [0.3, 0.4) is 0 Å². The number of nitrogens with zero attached hydrogens (tertiary/aromatic N) is 1. The van der Waals surface area contributed by atoms with Crippen LogP contribution in [0.15, 0.2) is 35.6 Å². The fourth-order valence-electron chi connectivity index (χ4n) is 3.65. The molecule has 2 aromatic rings. The molecule has 1 aliphatic carbocycles. The number of carbonyl (C=O) groups is 1. The van der Waals surface area contributed by atoms with Gasteiger partial charge in [0.05, 0.1) is 29.5 Å². The van der Waals surface area contributed by atoms with Crippen LogP contribution in [0, 0.1) is 9.39 Å². The van der Waals surface area contributed by atoms with Gasteiger partial charge in [0.1, 0.15) is 11.6 Å². The third-order valence-corrected chi connectivity index (χ3v) is 6.11. The summed E-state index contributed by atoms with van der Waals surface area (Å²) < 4.78 is 16.4. The highest BCUT2D eigenvalue weighted by Crippen LogP contribution is 2.26. The second kappa shape index (κ2) is 9.49. The van der Waals surface area contributed by atoms with Crippen molar-refractivity contribution in [1.82, 2.24) is 9.88 Å². The molecule has 1 amide bonds. The maximum atomic E-state index is 14.4. The number of hydrogen-bond acceptors (Lipinski definition) is 5. The van der Waals surface area contributed by atoms with Gasteiger partial charge in [0, 0.05) is 16.2 Å². The highest BCUT2D eigenvalue weighted by molar-refractivity contribution is 14.1. The minimum atomic E-state index is -1.09. The molecule has 31 heavy (non-hydrogen) atoms. The van der Waals surface area contributed by atoms with Crippen molar-refractivity contribution in [3.63, 3.8) is 0 Å². The van der Waals surface area contributed by atoms with Crippen molar-refractivity contribution < 1.29 is 19.4 Å². The smallest absolute Gasteiger partial charge is 0.259 e. The number of carbonyl (C=O) groups excluding carboxylic acids is 1. The van der Waals surface area contributed by atoms with Gasteiger partial charge < -0.3 is 20.8 Å². The molecule has 0 bridgehead atoms. The minimum absolute atomic E-state index is 0.102. The normalized spacial score (nSPS) is 20.9. The molecule has 9 heteroatoms. The van der Waals surface area contributed by atoms with Crippen LogP contribution in [0.1, 0.15) is 42.1 Å². The summed E-state index contributed by atoms with van der Waals surface area (Å²) in [4.78, 5) is 26.0. The summed E-state index contributed by atoms with van der Waals surface area (Å²) in [5.74, 6) is -0.969. The van der Waals surface area contributed by atoms with Crippen LogP contribution in [-0.2, 0) is 7.05 Å². The van der Waals surface area contributed by atoms with E-state index in [4.69, 9.17) is 0 Å². The molecule has 1 aromatic heterocycles. The molecule has 0 saturated heterocycles. The van der Waals surface area contributed by atoms with E-state index in [2.05, 4.69) is 17.2 Å². The number of anilines is 2. The van der Waals surface area contributed by atoms with Crippen LogP contribution in [0.2, 0.25) is 0 Å². The lowest BCUT2D eigenvalue weighted by Crippen LogP contribution is -2.51. The molecule has 3 unspecified atom stereocenters. The molecule has 1 aliphatic rings. The number of benzene rings is 1. The maximum Gasteiger partial charge on any atom is 0.259 e.